The van der Waals surface area contributed by atoms with E-state index in [1.165, 1.54) is 5.69 Å². The number of nitrogens with zero attached hydrogens (tertiary/aromatic N) is 4. The second-order valence-corrected chi connectivity index (χ2v) is 10.6. The molecule has 31 heavy (non-hydrogen) atoms. The number of aromatic nitrogens is 3. The average Bonchev–Trinajstić information content (AvgIpc) is 3.41. The van der Waals surface area contributed by atoms with Gasteiger partial charge in [0.25, 0.3) is 0 Å². The van der Waals surface area contributed by atoms with Crippen LogP contribution >= 0.6 is 11.6 Å². The van der Waals surface area contributed by atoms with Gasteiger partial charge in [0.2, 0.25) is 11.8 Å². The van der Waals surface area contributed by atoms with Crippen molar-refractivity contribution in [2.45, 2.75) is 46.6 Å². The maximum atomic E-state index is 12.9. The molecule has 3 aliphatic rings. The zero-order chi connectivity index (χ0) is 21.9. The first-order chi connectivity index (χ1) is 14.7. The molecule has 8 heteroatoms. The summed E-state index contributed by atoms with van der Waals surface area (Å²) >= 11 is 6.48. The number of hydrogen-bond donors (Lipinski definition) is 1. The fourth-order valence-corrected chi connectivity index (χ4v) is 5.79. The highest BCUT2D eigenvalue weighted by Gasteiger charge is 2.44. The van der Waals surface area contributed by atoms with Crippen molar-refractivity contribution >= 4 is 29.2 Å². The van der Waals surface area contributed by atoms with Crippen LogP contribution in [0, 0.1) is 23.2 Å². The van der Waals surface area contributed by atoms with E-state index in [2.05, 4.69) is 29.2 Å². The van der Waals surface area contributed by atoms with Crippen molar-refractivity contribution in [2.75, 3.05) is 18.4 Å². The first-order valence-corrected chi connectivity index (χ1v) is 11.3. The largest absolute Gasteiger partial charge is 0.342 e. The van der Waals surface area contributed by atoms with E-state index in [1.807, 2.05) is 21.8 Å². The molecule has 2 aliphatic heterocycles. The van der Waals surface area contributed by atoms with Crippen LogP contribution in [0.25, 0.3) is 11.1 Å². The number of halogens is 1. The Bertz CT molecular complexity index is 1050. The summed E-state index contributed by atoms with van der Waals surface area (Å²) in [6.45, 7) is 8.52. The first-order valence-electron chi connectivity index (χ1n) is 11.0. The quantitative estimate of drug-likeness (QED) is 0.788. The summed E-state index contributed by atoms with van der Waals surface area (Å²) < 4.78 is 2.05. The summed E-state index contributed by atoms with van der Waals surface area (Å²) in [5.74, 6) is 1.46. The number of fused-ring (bicyclic) bond motifs is 2. The van der Waals surface area contributed by atoms with Gasteiger partial charge in [0, 0.05) is 55.5 Å². The average molecular weight is 442 g/mol. The number of likely N-dealkylation sites (tertiary alicyclic amines) is 1. The molecule has 1 N–H and O–H groups in total. The monoisotopic (exact) mass is 441 g/mol. The topological polar surface area (TPSA) is 80.1 Å². The molecule has 1 aliphatic carbocycles. The van der Waals surface area contributed by atoms with E-state index in [0.717, 1.165) is 50.0 Å². The van der Waals surface area contributed by atoms with E-state index in [0.29, 0.717) is 22.7 Å². The van der Waals surface area contributed by atoms with Gasteiger partial charge in [0.1, 0.15) is 5.82 Å². The molecule has 164 valence electrons. The number of carbonyl (C=O) groups excluding carboxylic acids is 2. The van der Waals surface area contributed by atoms with Crippen molar-refractivity contribution in [3.8, 4) is 11.1 Å². The molecule has 1 saturated carbocycles. The zero-order valence-corrected chi connectivity index (χ0v) is 18.9. The van der Waals surface area contributed by atoms with Gasteiger partial charge in [-0.1, -0.05) is 25.4 Å². The molecule has 7 nitrogen and oxygen atoms in total. The molecule has 2 aromatic rings. The molecule has 1 saturated heterocycles. The van der Waals surface area contributed by atoms with E-state index >= 15 is 0 Å². The molecule has 4 heterocycles. The number of rotatable bonds is 3. The van der Waals surface area contributed by atoms with E-state index in [9.17, 15) is 9.59 Å². The standard InChI is InChI=1S/C23H28ClN5O2/c1-13(30)28-10-15-4-14(5-16(15)11-28)22(31)27-21-6-17(19(24)9-25-21)18-8-26-29-12-23(2,3)7-20(18)29/h6,8-9,14-16H,4-5,7,10-12H2,1-3H3,(H,25,27,31)/t14?,15-,16?/m1/s1. The molecule has 3 atom stereocenters. The van der Waals surface area contributed by atoms with E-state index in [4.69, 9.17) is 11.6 Å². The second kappa shape index (κ2) is 7.33. The van der Waals surface area contributed by atoms with Gasteiger partial charge in [-0.2, -0.15) is 5.10 Å². The van der Waals surface area contributed by atoms with Gasteiger partial charge < -0.3 is 10.2 Å². The molecule has 0 spiro atoms. The highest BCUT2D eigenvalue weighted by atomic mass is 35.5. The zero-order valence-electron chi connectivity index (χ0n) is 18.2. The minimum absolute atomic E-state index is 0.00548. The fourth-order valence-electron chi connectivity index (χ4n) is 5.59. The molecule has 0 bridgehead atoms. The third-order valence-corrected chi connectivity index (χ3v) is 7.44. The minimum atomic E-state index is -0.0359. The smallest absolute Gasteiger partial charge is 0.228 e. The lowest BCUT2D eigenvalue weighted by Crippen LogP contribution is -2.29. The maximum absolute atomic E-state index is 12.9. The summed E-state index contributed by atoms with van der Waals surface area (Å²) in [5, 5.41) is 8.09. The number of amides is 2. The van der Waals surface area contributed by atoms with Crippen molar-refractivity contribution in [3.63, 3.8) is 0 Å². The van der Waals surface area contributed by atoms with E-state index in [1.54, 1.807) is 13.1 Å². The van der Waals surface area contributed by atoms with Gasteiger partial charge in [-0.15, -0.1) is 0 Å². The predicted octanol–water partition coefficient (Wildman–Crippen LogP) is 3.62. The van der Waals surface area contributed by atoms with Crippen LogP contribution in [0.1, 0.15) is 39.3 Å². The molecular weight excluding hydrogens is 414 g/mol. The van der Waals surface area contributed by atoms with Crippen LogP contribution in [-0.4, -0.2) is 44.6 Å². The van der Waals surface area contributed by atoms with Crippen molar-refractivity contribution in [3.05, 3.63) is 29.2 Å². The fraction of sp³-hybridized carbons (Fsp3) is 0.565. The van der Waals surface area contributed by atoms with Crippen LogP contribution in [0.5, 0.6) is 0 Å². The highest BCUT2D eigenvalue weighted by molar-refractivity contribution is 6.33. The summed E-state index contributed by atoms with van der Waals surface area (Å²) in [4.78, 5) is 30.8. The number of pyridine rings is 1. The first kappa shape index (κ1) is 20.5. The Balaban J connectivity index is 1.30. The Morgan fingerprint density at radius 2 is 1.87 bits per heavy atom. The third-order valence-electron chi connectivity index (χ3n) is 7.14. The Labute approximate surface area is 187 Å². The van der Waals surface area contributed by atoms with Crippen molar-refractivity contribution in [2.24, 2.45) is 23.2 Å². The number of nitrogens with one attached hydrogen (secondary N) is 1. The van der Waals surface area contributed by atoms with Gasteiger partial charge in [0.15, 0.2) is 0 Å². The summed E-state index contributed by atoms with van der Waals surface area (Å²) in [5.41, 5.74) is 3.21. The van der Waals surface area contributed by atoms with Gasteiger partial charge in [-0.3, -0.25) is 14.3 Å². The van der Waals surface area contributed by atoms with E-state index in [-0.39, 0.29) is 23.1 Å². The second-order valence-electron chi connectivity index (χ2n) is 10.2. The molecule has 0 aromatic carbocycles. The highest BCUT2D eigenvalue weighted by Crippen LogP contribution is 2.42. The normalized spacial score (nSPS) is 26.1. The van der Waals surface area contributed by atoms with Crippen LogP contribution in [0.2, 0.25) is 5.02 Å². The number of anilines is 1. The van der Waals surface area contributed by atoms with Gasteiger partial charge >= 0.3 is 0 Å². The number of hydrogen-bond acceptors (Lipinski definition) is 4. The Morgan fingerprint density at radius 1 is 1.16 bits per heavy atom. The molecule has 2 fully saturated rings. The summed E-state index contributed by atoms with van der Waals surface area (Å²) in [6.07, 6.45) is 6.05. The molecule has 5 rings (SSSR count). The summed E-state index contributed by atoms with van der Waals surface area (Å²) in [7, 11) is 0. The molecular formula is C23H28ClN5O2. The van der Waals surface area contributed by atoms with Gasteiger partial charge in [-0.25, -0.2) is 4.98 Å². The molecule has 2 amide bonds. The Hall–Kier alpha value is -2.41. The lowest BCUT2D eigenvalue weighted by Gasteiger charge is -2.17. The van der Waals surface area contributed by atoms with Crippen molar-refractivity contribution in [1.82, 2.24) is 19.7 Å². The maximum Gasteiger partial charge on any atom is 0.228 e. The third kappa shape index (κ3) is 3.73. The molecule has 2 aromatic heterocycles. The lowest BCUT2D eigenvalue weighted by atomic mass is 9.89. The van der Waals surface area contributed by atoms with Crippen LogP contribution in [-0.2, 0) is 22.6 Å². The number of carbonyl (C=O) groups is 2. The van der Waals surface area contributed by atoms with Crippen LogP contribution in [0.4, 0.5) is 5.82 Å². The van der Waals surface area contributed by atoms with Gasteiger partial charge in [0.05, 0.1) is 11.2 Å². The van der Waals surface area contributed by atoms with E-state index < -0.39 is 0 Å². The Morgan fingerprint density at radius 3 is 2.55 bits per heavy atom. The molecule has 0 radical (unpaired) electrons. The summed E-state index contributed by atoms with van der Waals surface area (Å²) in [6, 6.07) is 1.86. The van der Waals surface area contributed by atoms with Crippen LogP contribution in [0.3, 0.4) is 0 Å². The Kier molecular flexibility index (Phi) is 4.84. The van der Waals surface area contributed by atoms with Crippen LogP contribution < -0.4 is 5.32 Å². The van der Waals surface area contributed by atoms with Gasteiger partial charge in [-0.05, 0) is 42.6 Å². The SMILES string of the molecule is CC(=O)N1CC2CC(C(=O)Nc3cc(-c4cnn5c4CC(C)(C)C5)c(Cl)cn3)C[C@@H]2C1. The predicted molar refractivity (Wildman–Crippen MR) is 119 cm³/mol. The lowest BCUT2D eigenvalue weighted by molar-refractivity contribution is -0.128. The van der Waals surface area contributed by atoms with Crippen molar-refractivity contribution in [1.29, 1.82) is 0 Å². The van der Waals surface area contributed by atoms with Crippen LogP contribution in [0.15, 0.2) is 18.5 Å². The minimum Gasteiger partial charge on any atom is -0.342 e. The molecule has 2 unspecified atom stereocenters. The van der Waals surface area contributed by atoms with Crippen molar-refractivity contribution < 1.29 is 9.59 Å².